The number of anilines is 1. The highest BCUT2D eigenvalue weighted by molar-refractivity contribution is 7.84. The third-order valence-electron chi connectivity index (χ3n) is 5.26. The molecule has 150 valence electrons. The fourth-order valence-corrected chi connectivity index (χ4v) is 4.70. The second-order valence-corrected chi connectivity index (χ2v) is 10.6. The molecule has 4 rings (SSSR count). The molecule has 0 radical (unpaired) electrons. The van der Waals surface area contributed by atoms with Crippen molar-refractivity contribution in [3.63, 3.8) is 0 Å². The fourth-order valence-electron chi connectivity index (χ4n) is 3.70. The number of ether oxygens (including phenoxy) is 1. The van der Waals surface area contributed by atoms with Gasteiger partial charge in [0.05, 0.1) is 28.0 Å². The van der Waals surface area contributed by atoms with Crippen molar-refractivity contribution in [3.8, 4) is 5.75 Å². The van der Waals surface area contributed by atoms with Crippen molar-refractivity contribution >= 4 is 28.5 Å². The molecule has 2 atom stereocenters. The highest BCUT2D eigenvalue weighted by Gasteiger charge is 2.51. The van der Waals surface area contributed by atoms with E-state index >= 15 is 0 Å². The Hall–Kier alpha value is -1.77. The van der Waals surface area contributed by atoms with Crippen LogP contribution >= 0.6 is 11.6 Å². The van der Waals surface area contributed by atoms with Gasteiger partial charge in [-0.15, -0.1) is 10.2 Å². The van der Waals surface area contributed by atoms with E-state index in [-0.39, 0.29) is 15.9 Å². The lowest BCUT2D eigenvalue weighted by atomic mass is 9.83. The summed E-state index contributed by atoms with van der Waals surface area (Å²) in [5.41, 5.74) is 0.624. The van der Waals surface area contributed by atoms with Gasteiger partial charge in [0.25, 0.3) is 0 Å². The molecular weight excluding hydrogens is 398 g/mol. The number of hydrogen-bond acceptors (Lipinski definition) is 6. The molecular formula is C19H24ClN5O2S. The van der Waals surface area contributed by atoms with Crippen LogP contribution < -0.4 is 14.4 Å². The van der Waals surface area contributed by atoms with Gasteiger partial charge in [0.15, 0.2) is 5.15 Å². The van der Waals surface area contributed by atoms with Crippen LogP contribution in [-0.4, -0.2) is 42.8 Å². The monoisotopic (exact) mass is 421 g/mol. The normalized spacial score (nSPS) is 22.0. The first-order valence-corrected chi connectivity index (χ1v) is 10.9. The molecule has 1 N–H and O–H groups in total. The van der Waals surface area contributed by atoms with Gasteiger partial charge >= 0.3 is 0 Å². The van der Waals surface area contributed by atoms with Crippen molar-refractivity contribution in [1.29, 1.82) is 0 Å². The van der Waals surface area contributed by atoms with Crippen LogP contribution in [0.1, 0.15) is 45.2 Å². The van der Waals surface area contributed by atoms with E-state index in [1.807, 2.05) is 39.0 Å². The van der Waals surface area contributed by atoms with Crippen LogP contribution in [-0.2, 0) is 11.0 Å². The smallest absolute Gasteiger partial charge is 0.245 e. The molecule has 2 aromatic rings. The van der Waals surface area contributed by atoms with Crippen molar-refractivity contribution in [1.82, 2.24) is 19.9 Å². The average Bonchev–Trinajstić information content (AvgIpc) is 2.95. The third-order valence-corrected chi connectivity index (χ3v) is 7.00. The van der Waals surface area contributed by atoms with Crippen molar-refractivity contribution in [2.45, 2.75) is 50.0 Å². The summed E-state index contributed by atoms with van der Waals surface area (Å²) in [5.74, 6) is 1.43. The molecule has 0 aliphatic carbocycles. The summed E-state index contributed by atoms with van der Waals surface area (Å²) in [6, 6.07) is 7.88. The minimum Gasteiger partial charge on any atom is -0.485 e. The molecule has 1 aromatic carbocycles. The Bertz CT molecular complexity index is 879. The number of hydrogen-bond donors (Lipinski definition) is 1. The first-order valence-electron chi connectivity index (χ1n) is 9.35. The van der Waals surface area contributed by atoms with Crippen LogP contribution in [0.3, 0.4) is 0 Å². The Morgan fingerprint density at radius 1 is 1.25 bits per heavy atom. The lowest BCUT2D eigenvalue weighted by molar-refractivity contribution is 0.0382. The summed E-state index contributed by atoms with van der Waals surface area (Å²) in [7, 11) is -1.20. The maximum atomic E-state index is 12.9. The average molecular weight is 422 g/mol. The lowest BCUT2D eigenvalue weighted by Gasteiger charge is -2.42. The standard InChI is InChI=1S/C19H24ClN5O2S/c1-18(2,3)28(26)24-16-13-6-4-5-7-14(13)27-19(16)8-10-25(11-9-19)17-21-12-15(20)22-23-17/h4-7,12,16,24H,8-11H2,1-3H3/t16-,28?/m1/s1. The summed E-state index contributed by atoms with van der Waals surface area (Å²) >= 11 is 5.79. The van der Waals surface area contributed by atoms with E-state index < -0.39 is 16.6 Å². The molecule has 0 amide bonds. The summed E-state index contributed by atoms with van der Waals surface area (Å²) in [6.45, 7) is 7.35. The first kappa shape index (κ1) is 19.5. The second kappa shape index (κ2) is 7.24. The number of nitrogens with one attached hydrogen (secondary N) is 1. The van der Waals surface area contributed by atoms with Crippen LogP contribution in [0.25, 0.3) is 0 Å². The molecule has 1 unspecified atom stereocenters. The lowest BCUT2D eigenvalue weighted by Crippen LogP contribution is -2.54. The molecule has 9 heteroatoms. The molecule has 7 nitrogen and oxygen atoms in total. The van der Waals surface area contributed by atoms with Gasteiger partial charge in [-0.05, 0) is 26.8 Å². The van der Waals surface area contributed by atoms with Crippen molar-refractivity contribution in [3.05, 3.63) is 41.2 Å². The number of fused-ring (bicyclic) bond motifs is 1. The Morgan fingerprint density at radius 3 is 2.61 bits per heavy atom. The van der Waals surface area contributed by atoms with Crippen LogP contribution in [0, 0.1) is 0 Å². The Kier molecular flexibility index (Phi) is 5.05. The summed E-state index contributed by atoms with van der Waals surface area (Å²) in [6.07, 6.45) is 3.02. The van der Waals surface area contributed by atoms with E-state index in [1.165, 1.54) is 6.20 Å². The zero-order chi connectivity index (χ0) is 19.9. The quantitative estimate of drug-likeness (QED) is 0.820. The highest BCUT2D eigenvalue weighted by atomic mass is 35.5. The minimum absolute atomic E-state index is 0.129. The molecule has 0 bridgehead atoms. The van der Waals surface area contributed by atoms with Gasteiger partial charge in [-0.25, -0.2) is 13.9 Å². The summed E-state index contributed by atoms with van der Waals surface area (Å²) < 4.78 is 22.3. The van der Waals surface area contributed by atoms with Gasteiger partial charge in [0.2, 0.25) is 5.95 Å². The van der Waals surface area contributed by atoms with Crippen molar-refractivity contribution < 1.29 is 8.95 Å². The maximum absolute atomic E-state index is 12.9. The number of nitrogens with zero attached hydrogens (tertiary/aromatic N) is 4. The third kappa shape index (κ3) is 3.60. The number of benzene rings is 1. The van der Waals surface area contributed by atoms with Crippen molar-refractivity contribution in [2.24, 2.45) is 0 Å². The predicted octanol–water partition coefficient (Wildman–Crippen LogP) is 3.05. The number of rotatable bonds is 3. The summed E-state index contributed by atoms with van der Waals surface area (Å²) in [4.78, 5) is 6.35. The fraction of sp³-hybridized carbons (Fsp3) is 0.526. The van der Waals surface area contributed by atoms with E-state index in [0.717, 1.165) is 37.2 Å². The Morgan fingerprint density at radius 2 is 1.96 bits per heavy atom. The number of para-hydroxylation sites is 1. The van der Waals surface area contributed by atoms with Gasteiger partial charge in [0, 0.05) is 31.5 Å². The maximum Gasteiger partial charge on any atom is 0.245 e. The molecule has 28 heavy (non-hydrogen) atoms. The van der Waals surface area contributed by atoms with Gasteiger partial charge in [-0.1, -0.05) is 29.8 Å². The zero-order valence-corrected chi connectivity index (χ0v) is 17.8. The van der Waals surface area contributed by atoms with Crippen LogP contribution in [0.15, 0.2) is 30.5 Å². The predicted molar refractivity (Wildman–Crippen MR) is 110 cm³/mol. The first-order chi connectivity index (χ1) is 13.3. The molecule has 1 aromatic heterocycles. The topological polar surface area (TPSA) is 80.2 Å². The number of halogens is 1. The Balaban J connectivity index is 1.57. The minimum atomic E-state index is -1.20. The molecule has 2 aliphatic heterocycles. The van der Waals surface area contributed by atoms with Gasteiger partial charge in [-0.3, -0.25) is 0 Å². The van der Waals surface area contributed by atoms with Crippen LogP contribution in [0.4, 0.5) is 5.95 Å². The van der Waals surface area contributed by atoms with Gasteiger partial charge in [-0.2, -0.15) is 0 Å². The summed E-state index contributed by atoms with van der Waals surface area (Å²) in [5, 5.41) is 8.25. The molecule has 1 saturated heterocycles. The molecule has 0 saturated carbocycles. The van der Waals surface area contributed by atoms with E-state index in [0.29, 0.717) is 5.95 Å². The van der Waals surface area contributed by atoms with Crippen LogP contribution in [0.2, 0.25) is 5.15 Å². The van der Waals surface area contributed by atoms with E-state index in [9.17, 15) is 4.21 Å². The highest BCUT2D eigenvalue weighted by Crippen LogP contribution is 2.48. The van der Waals surface area contributed by atoms with Gasteiger partial charge < -0.3 is 9.64 Å². The SMILES string of the molecule is CC(C)(C)S(=O)N[C@@H]1c2ccccc2OC12CCN(c1ncc(Cl)nn1)CC2. The number of piperidine rings is 1. The molecule has 3 heterocycles. The van der Waals surface area contributed by atoms with Crippen LogP contribution in [0.5, 0.6) is 5.75 Å². The number of aromatic nitrogens is 3. The van der Waals surface area contributed by atoms with Gasteiger partial charge in [0.1, 0.15) is 11.4 Å². The second-order valence-electron chi connectivity index (χ2n) is 8.20. The molecule has 1 fully saturated rings. The Labute approximate surface area is 172 Å². The molecule has 1 spiro atoms. The molecule has 2 aliphatic rings. The zero-order valence-electron chi connectivity index (χ0n) is 16.2. The largest absolute Gasteiger partial charge is 0.485 e. The van der Waals surface area contributed by atoms with Crippen molar-refractivity contribution in [2.75, 3.05) is 18.0 Å². The van der Waals surface area contributed by atoms with E-state index in [1.54, 1.807) is 0 Å². The van der Waals surface area contributed by atoms with E-state index in [4.69, 9.17) is 16.3 Å². The van der Waals surface area contributed by atoms with E-state index in [2.05, 4.69) is 30.9 Å².